The van der Waals surface area contributed by atoms with Gasteiger partial charge in [-0.2, -0.15) is 0 Å². The maximum atomic E-state index is 8.48. The van der Waals surface area contributed by atoms with Crippen LogP contribution in [-0.2, 0) is 0 Å². The van der Waals surface area contributed by atoms with E-state index in [0.717, 1.165) is 0 Å². The summed E-state index contributed by atoms with van der Waals surface area (Å²) in [6.07, 6.45) is 5.44. The minimum Gasteiger partial charge on any atom is -0.396 e. The molecule has 0 aliphatic carbocycles. The van der Waals surface area contributed by atoms with Crippen LogP contribution in [0.1, 0.15) is 6.92 Å². The van der Waals surface area contributed by atoms with Crippen LogP contribution < -0.4 is 0 Å². The number of aliphatic hydroxyl groups excluding tert-OH is 1. The average Bonchev–Trinajstić information content (AvgIpc) is 1.83. The number of rotatable bonds is 3. The molecule has 0 amide bonds. The van der Waals surface area contributed by atoms with E-state index in [0.29, 0.717) is 0 Å². The van der Waals surface area contributed by atoms with Gasteiger partial charge in [0.05, 0.1) is 0 Å². The summed E-state index contributed by atoms with van der Waals surface area (Å²) >= 11 is 0. The van der Waals surface area contributed by atoms with Gasteiger partial charge >= 0.3 is 0 Å². The highest BCUT2D eigenvalue weighted by Gasteiger charge is 1.88. The Labute approximate surface area is 50.3 Å². The number of aliphatic hydroxyl groups is 1. The molecule has 0 rings (SSSR count). The summed E-state index contributed by atoms with van der Waals surface area (Å²) in [6.45, 7) is 5.66. The molecule has 46 valence electrons. The molecule has 1 N–H and O–H groups in total. The zero-order chi connectivity index (χ0) is 6.41. The zero-order valence-electron chi connectivity index (χ0n) is 5.17. The van der Waals surface area contributed by atoms with Gasteiger partial charge in [-0.15, -0.1) is 0 Å². The zero-order valence-corrected chi connectivity index (χ0v) is 5.17. The fourth-order valence-electron chi connectivity index (χ4n) is 0.329. The van der Waals surface area contributed by atoms with Crippen molar-refractivity contribution < 1.29 is 5.11 Å². The topological polar surface area (TPSA) is 20.2 Å². The van der Waals surface area contributed by atoms with E-state index in [-0.39, 0.29) is 12.5 Å². The lowest BCUT2D eigenvalue weighted by molar-refractivity contribution is 0.262. The molecule has 0 aliphatic heterocycles. The summed E-state index contributed by atoms with van der Waals surface area (Å²) in [5, 5.41) is 8.48. The number of hydrogen-bond acceptors (Lipinski definition) is 1. The van der Waals surface area contributed by atoms with Gasteiger partial charge in [-0.25, -0.2) is 0 Å². The van der Waals surface area contributed by atoms with E-state index in [1.54, 1.807) is 6.08 Å². The second-order valence-corrected chi connectivity index (χ2v) is 1.78. The third-order valence-electron chi connectivity index (χ3n) is 0.864. The van der Waals surface area contributed by atoms with E-state index in [4.69, 9.17) is 5.11 Å². The molecule has 1 nitrogen and oxygen atoms in total. The molecule has 0 heterocycles. The average molecular weight is 112 g/mol. The lowest BCUT2D eigenvalue weighted by atomic mass is 10.2. The maximum absolute atomic E-state index is 8.48. The lowest BCUT2D eigenvalue weighted by Gasteiger charge is -1.95. The number of allylic oxidation sites excluding steroid dienone is 2. The van der Waals surface area contributed by atoms with E-state index in [2.05, 4.69) is 6.58 Å². The van der Waals surface area contributed by atoms with Gasteiger partial charge in [0.2, 0.25) is 0 Å². The summed E-state index contributed by atoms with van der Waals surface area (Å²) in [6, 6.07) is 0. The van der Waals surface area contributed by atoms with Crippen LogP contribution in [0.2, 0.25) is 0 Å². The van der Waals surface area contributed by atoms with Crippen molar-refractivity contribution >= 4 is 0 Å². The monoisotopic (exact) mass is 112 g/mol. The van der Waals surface area contributed by atoms with Crippen LogP contribution in [0.4, 0.5) is 0 Å². The van der Waals surface area contributed by atoms with E-state index in [9.17, 15) is 0 Å². The first kappa shape index (κ1) is 7.44. The number of hydrogen-bond donors (Lipinski definition) is 1. The Morgan fingerprint density at radius 2 is 2.38 bits per heavy atom. The van der Waals surface area contributed by atoms with Crippen molar-refractivity contribution in [2.75, 3.05) is 6.61 Å². The van der Waals surface area contributed by atoms with Gasteiger partial charge in [0, 0.05) is 6.61 Å². The molecule has 0 aliphatic rings. The summed E-state index contributed by atoms with van der Waals surface area (Å²) in [4.78, 5) is 0. The molecule has 0 unspecified atom stereocenters. The van der Waals surface area contributed by atoms with Crippen molar-refractivity contribution in [2.45, 2.75) is 6.92 Å². The smallest absolute Gasteiger partial charge is 0.0491 e. The van der Waals surface area contributed by atoms with E-state index in [1.807, 2.05) is 19.1 Å². The third-order valence-corrected chi connectivity index (χ3v) is 0.864. The summed E-state index contributed by atoms with van der Waals surface area (Å²) in [5.41, 5.74) is 0. The van der Waals surface area contributed by atoms with Crippen molar-refractivity contribution in [3.8, 4) is 0 Å². The molecule has 1 heteroatoms. The quantitative estimate of drug-likeness (QED) is 0.546. The molecule has 0 aromatic rings. The van der Waals surface area contributed by atoms with Crippen molar-refractivity contribution in [3.63, 3.8) is 0 Å². The Morgan fingerprint density at radius 1 is 1.75 bits per heavy atom. The second kappa shape index (κ2) is 4.60. The third kappa shape index (κ3) is 3.62. The van der Waals surface area contributed by atoms with Crippen molar-refractivity contribution in [1.82, 2.24) is 0 Å². The van der Waals surface area contributed by atoms with Crippen LogP contribution in [0.5, 0.6) is 0 Å². The maximum Gasteiger partial charge on any atom is 0.0491 e. The highest BCUT2D eigenvalue weighted by molar-refractivity contribution is 4.98. The van der Waals surface area contributed by atoms with E-state index < -0.39 is 0 Å². The molecular weight excluding hydrogens is 100 g/mol. The molecule has 0 spiro atoms. The first-order valence-corrected chi connectivity index (χ1v) is 2.71. The molecule has 8 heavy (non-hydrogen) atoms. The van der Waals surface area contributed by atoms with Crippen LogP contribution >= 0.6 is 0 Å². The van der Waals surface area contributed by atoms with Crippen LogP contribution in [-0.4, -0.2) is 11.7 Å². The van der Waals surface area contributed by atoms with Crippen LogP contribution in [0.3, 0.4) is 0 Å². The van der Waals surface area contributed by atoms with Crippen molar-refractivity contribution in [1.29, 1.82) is 0 Å². The van der Waals surface area contributed by atoms with Crippen molar-refractivity contribution in [2.24, 2.45) is 5.92 Å². The molecule has 0 saturated carbocycles. The van der Waals surface area contributed by atoms with Gasteiger partial charge < -0.3 is 5.11 Å². The molecule has 0 bridgehead atoms. The first-order chi connectivity index (χ1) is 3.81. The van der Waals surface area contributed by atoms with Gasteiger partial charge in [0.15, 0.2) is 0 Å². The van der Waals surface area contributed by atoms with E-state index in [1.165, 1.54) is 0 Å². The molecule has 0 fully saturated rings. The van der Waals surface area contributed by atoms with Gasteiger partial charge in [-0.05, 0) is 5.92 Å². The lowest BCUT2D eigenvalue weighted by Crippen LogP contribution is -1.93. The molecule has 0 aromatic heterocycles. The first-order valence-electron chi connectivity index (χ1n) is 2.71. The fourth-order valence-corrected chi connectivity index (χ4v) is 0.329. The Hall–Kier alpha value is -0.560. The molecular formula is C7H12O. The standard InChI is InChI=1S/C7H12O/c1-3-4-5-7(2)6-8/h3-5,7-8H,1,6H2,2H3/b5-4+/t7-/m0/s1. The Balaban J connectivity index is 3.35. The van der Waals surface area contributed by atoms with Crippen LogP contribution in [0.15, 0.2) is 24.8 Å². The largest absolute Gasteiger partial charge is 0.396 e. The summed E-state index contributed by atoms with van der Waals surface area (Å²) < 4.78 is 0. The fraction of sp³-hybridized carbons (Fsp3) is 0.429. The Morgan fingerprint density at radius 3 is 2.75 bits per heavy atom. The molecule has 0 radical (unpaired) electrons. The Bertz CT molecular complexity index is 84.4. The van der Waals surface area contributed by atoms with Gasteiger partial charge in [0.1, 0.15) is 0 Å². The van der Waals surface area contributed by atoms with Crippen molar-refractivity contribution in [3.05, 3.63) is 24.8 Å². The molecule has 1 atom stereocenters. The predicted molar refractivity (Wildman–Crippen MR) is 35.6 cm³/mol. The summed E-state index contributed by atoms with van der Waals surface area (Å²) in [5.74, 6) is 0.257. The van der Waals surface area contributed by atoms with E-state index >= 15 is 0 Å². The minimum absolute atomic E-state index is 0.213. The van der Waals surface area contributed by atoms with Crippen LogP contribution in [0, 0.1) is 5.92 Å². The minimum atomic E-state index is 0.213. The molecule has 0 aromatic carbocycles. The van der Waals surface area contributed by atoms with Gasteiger partial charge in [0.25, 0.3) is 0 Å². The highest BCUT2D eigenvalue weighted by Crippen LogP contribution is 1.93. The predicted octanol–water partition coefficient (Wildman–Crippen LogP) is 1.36. The second-order valence-electron chi connectivity index (χ2n) is 1.78. The SMILES string of the molecule is C=C/C=C/[C@H](C)CO. The van der Waals surface area contributed by atoms with Crippen LogP contribution in [0.25, 0.3) is 0 Å². The van der Waals surface area contributed by atoms with Gasteiger partial charge in [-0.1, -0.05) is 31.7 Å². The Kier molecular flexibility index (Phi) is 4.27. The summed E-state index contributed by atoms with van der Waals surface area (Å²) in [7, 11) is 0. The van der Waals surface area contributed by atoms with Gasteiger partial charge in [-0.3, -0.25) is 0 Å². The normalized spacial score (nSPS) is 14.2. The highest BCUT2D eigenvalue weighted by atomic mass is 16.3. The molecule has 0 saturated heterocycles.